The minimum atomic E-state index is 0.119. The lowest BCUT2D eigenvalue weighted by Crippen LogP contribution is -2.26. The summed E-state index contributed by atoms with van der Waals surface area (Å²) in [6.07, 6.45) is 1.78. The van der Waals surface area contributed by atoms with E-state index in [-0.39, 0.29) is 5.84 Å². The first kappa shape index (κ1) is 14.8. The highest BCUT2D eigenvalue weighted by molar-refractivity contribution is 6.02. The molecule has 0 aliphatic heterocycles. The molecule has 5 nitrogen and oxygen atoms in total. The zero-order valence-corrected chi connectivity index (χ0v) is 12.3. The van der Waals surface area contributed by atoms with E-state index in [0.29, 0.717) is 6.54 Å². The Kier molecular flexibility index (Phi) is 4.77. The monoisotopic (exact) mass is 284 g/mol. The Bertz CT molecular complexity index is 625. The summed E-state index contributed by atoms with van der Waals surface area (Å²) in [4.78, 5) is 6.50. The second kappa shape index (κ2) is 6.74. The molecule has 110 valence electrons. The van der Waals surface area contributed by atoms with Crippen LogP contribution in [0.15, 0.2) is 47.8 Å². The van der Waals surface area contributed by atoms with Crippen LogP contribution in [0.1, 0.15) is 23.7 Å². The summed E-state index contributed by atoms with van der Waals surface area (Å²) in [5.74, 6) is 0.119. The zero-order valence-electron chi connectivity index (χ0n) is 12.3. The van der Waals surface area contributed by atoms with Gasteiger partial charge in [0.1, 0.15) is 0 Å². The number of benzene rings is 1. The molecule has 0 radical (unpaired) electrons. The lowest BCUT2D eigenvalue weighted by Gasteiger charge is -2.25. The van der Waals surface area contributed by atoms with E-state index in [4.69, 9.17) is 10.9 Å². The fraction of sp³-hybridized carbons (Fsp3) is 0.250. The van der Waals surface area contributed by atoms with E-state index in [1.54, 1.807) is 6.20 Å². The van der Waals surface area contributed by atoms with Gasteiger partial charge in [0.2, 0.25) is 0 Å². The van der Waals surface area contributed by atoms with Crippen molar-refractivity contribution in [1.29, 1.82) is 0 Å². The fourth-order valence-electron chi connectivity index (χ4n) is 2.24. The van der Waals surface area contributed by atoms with Crippen molar-refractivity contribution >= 4 is 11.5 Å². The Morgan fingerprint density at radius 3 is 2.76 bits per heavy atom. The number of hydrogen-bond acceptors (Lipinski definition) is 4. The number of nitrogens with zero attached hydrogens (tertiary/aromatic N) is 3. The molecule has 2 aromatic rings. The number of hydrogen-bond donors (Lipinski definition) is 2. The van der Waals surface area contributed by atoms with Gasteiger partial charge < -0.3 is 15.8 Å². The van der Waals surface area contributed by atoms with Crippen LogP contribution in [0.3, 0.4) is 0 Å². The van der Waals surface area contributed by atoms with Crippen LogP contribution in [0.25, 0.3) is 0 Å². The summed E-state index contributed by atoms with van der Waals surface area (Å²) in [6.45, 7) is 5.52. The van der Waals surface area contributed by atoms with Crippen LogP contribution < -0.4 is 10.6 Å². The Hall–Kier alpha value is -2.56. The third kappa shape index (κ3) is 3.51. The van der Waals surface area contributed by atoms with Gasteiger partial charge in [-0.3, -0.25) is 4.98 Å². The van der Waals surface area contributed by atoms with Crippen LogP contribution in [0.4, 0.5) is 5.69 Å². The number of amidine groups is 1. The summed E-state index contributed by atoms with van der Waals surface area (Å²) >= 11 is 0. The molecular formula is C16H20N4O. The molecule has 5 heteroatoms. The summed E-state index contributed by atoms with van der Waals surface area (Å²) < 4.78 is 0. The molecule has 1 aromatic carbocycles. The van der Waals surface area contributed by atoms with Crippen molar-refractivity contribution in [2.24, 2.45) is 10.9 Å². The molecule has 0 saturated heterocycles. The number of pyridine rings is 1. The highest BCUT2D eigenvalue weighted by Crippen LogP contribution is 2.23. The summed E-state index contributed by atoms with van der Waals surface area (Å²) in [7, 11) is 0. The highest BCUT2D eigenvalue weighted by atomic mass is 16.4. The summed E-state index contributed by atoms with van der Waals surface area (Å²) in [5.41, 5.74) is 9.51. The van der Waals surface area contributed by atoms with E-state index < -0.39 is 0 Å². The average molecular weight is 284 g/mol. The number of nitrogens with two attached hydrogens (primary N) is 1. The van der Waals surface area contributed by atoms with Crippen molar-refractivity contribution in [2.75, 3.05) is 11.4 Å². The first-order valence-electron chi connectivity index (χ1n) is 6.89. The van der Waals surface area contributed by atoms with Gasteiger partial charge >= 0.3 is 0 Å². The molecule has 1 heterocycles. The Labute approximate surface area is 124 Å². The third-order valence-electron chi connectivity index (χ3n) is 3.34. The van der Waals surface area contributed by atoms with Gasteiger partial charge in [0.15, 0.2) is 5.84 Å². The number of oxime groups is 1. The van der Waals surface area contributed by atoms with Crippen molar-refractivity contribution < 1.29 is 5.21 Å². The summed E-state index contributed by atoms with van der Waals surface area (Å²) in [5, 5.41) is 12.1. The quantitative estimate of drug-likeness (QED) is 0.383. The number of anilines is 1. The van der Waals surface area contributed by atoms with Crippen molar-refractivity contribution in [1.82, 2.24) is 4.98 Å². The molecule has 0 amide bonds. The molecule has 0 saturated carbocycles. The minimum absolute atomic E-state index is 0.119. The van der Waals surface area contributed by atoms with Gasteiger partial charge in [-0.2, -0.15) is 0 Å². The topological polar surface area (TPSA) is 74.7 Å². The molecule has 0 spiro atoms. The predicted octanol–water partition coefficient (Wildman–Crippen LogP) is 2.51. The van der Waals surface area contributed by atoms with E-state index >= 15 is 0 Å². The van der Waals surface area contributed by atoms with Crippen LogP contribution in [0, 0.1) is 6.92 Å². The van der Waals surface area contributed by atoms with E-state index in [1.165, 1.54) is 0 Å². The van der Waals surface area contributed by atoms with Crippen LogP contribution in [-0.2, 0) is 6.54 Å². The predicted molar refractivity (Wildman–Crippen MR) is 84.7 cm³/mol. The van der Waals surface area contributed by atoms with Crippen LogP contribution in [0.2, 0.25) is 0 Å². The summed E-state index contributed by atoms with van der Waals surface area (Å²) in [6, 6.07) is 11.8. The van der Waals surface area contributed by atoms with Crippen molar-refractivity contribution in [3.8, 4) is 0 Å². The maximum Gasteiger partial charge on any atom is 0.172 e. The van der Waals surface area contributed by atoms with Gasteiger partial charge in [0.05, 0.1) is 12.2 Å². The molecule has 0 fully saturated rings. The fourth-order valence-corrected chi connectivity index (χ4v) is 2.24. The molecule has 0 unspecified atom stereocenters. The molecule has 3 N–H and O–H groups in total. The maximum atomic E-state index is 8.98. The Morgan fingerprint density at radius 1 is 1.33 bits per heavy atom. The lowest BCUT2D eigenvalue weighted by molar-refractivity contribution is 0.318. The second-order valence-corrected chi connectivity index (χ2v) is 4.84. The van der Waals surface area contributed by atoms with Gasteiger partial charge in [-0.05, 0) is 38.1 Å². The number of aryl methyl sites for hydroxylation is 1. The van der Waals surface area contributed by atoms with Gasteiger partial charge in [0, 0.05) is 24.0 Å². The van der Waals surface area contributed by atoms with Gasteiger partial charge in [-0.25, -0.2) is 0 Å². The molecular weight excluding hydrogens is 264 g/mol. The molecule has 2 rings (SSSR count). The van der Waals surface area contributed by atoms with Crippen LogP contribution >= 0.6 is 0 Å². The SMILES string of the molecule is CCN(Cc1ccccn1)c1ccc(C)cc1/C(N)=N/O. The average Bonchev–Trinajstić information content (AvgIpc) is 2.53. The molecule has 0 bridgehead atoms. The smallest absolute Gasteiger partial charge is 0.172 e. The first-order chi connectivity index (χ1) is 10.2. The van der Waals surface area contributed by atoms with Crippen LogP contribution in [0.5, 0.6) is 0 Å². The highest BCUT2D eigenvalue weighted by Gasteiger charge is 2.14. The molecule has 0 atom stereocenters. The van der Waals surface area contributed by atoms with Crippen molar-refractivity contribution in [2.45, 2.75) is 20.4 Å². The Morgan fingerprint density at radius 2 is 2.14 bits per heavy atom. The van der Waals surface area contributed by atoms with Crippen LogP contribution in [-0.4, -0.2) is 22.6 Å². The first-order valence-corrected chi connectivity index (χ1v) is 6.89. The minimum Gasteiger partial charge on any atom is -0.409 e. The van der Waals surface area contributed by atoms with E-state index in [2.05, 4.69) is 22.0 Å². The van der Waals surface area contributed by atoms with E-state index in [0.717, 1.165) is 29.1 Å². The largest absolute Gasteiger partial charge is 0.409 e. The number of aromatic nitrogens is 1. The maximum absolute atomic E-state index is 8.98. The molecule has 1 aromatic heterocycles. The third-order valence-corrected chi connectivity index (χ3v) is 3.34. The molecule has 21 heavy (non-hydrogen) atoms. The van der Waals surface area contributed by atoms with E-state index in [1.807, 2.05) is 43.3 Å². The van der Waals surface area contributed by atoms with Gasteiger partial charge in [-0.15, -0.1) is 0 Å². The standard InChI is InChI=1S/C16H20N4O/c1-3-20(11-13-6-4-5-9-18-13)15-8-7-12(2)10-14(15)16(17)19-21/h4-10,21H,3,11H2,1-2H3,(H2,17,19). The zero-order chi connectivity index (χ0) is 15.2. The van der Waals surface area contributed by atoms with Gasteiger partial charge in [0.25, 0.3) is 0 Å². The molecule has 0 aliphatic rings. The van der Waals surface area contributed by atoms with Crippen molar-refractivity contribution in [3.63, 3.8) is 0 Å². The number of rotatable bonds is 5. The van der Waals surface area contributed by atoms with Gasteiger partial charge in [-0.1, -0.05) is 22.9 Å². The lowest BCUT2D eigenvalue weighted by atomic mass is 10.1. The van der Waals surface area contributed by atoms with E-state index in [9.17, 15) is 0 Å². The Balaban J connectivity index is 2.38. The normalized spacial score (nSPS) is 11.4. The second-order valence-electron chi connectivity index (χ2n) is 4.84. The van der Waals surface area contributed by atoms with Crippen molar-refractivity contribution in [3.05, 3.63) is 59.4 Å². The molecule has 0 aliphatic carbocycles.